The Morgan fingerprint density at radius 2 is 0.895 bits per heavy atom. The van der Waals surface area contributed by atoms with Crippen LogP contribution in [0.25, 0.3) is 0 Å². The standard InChI is InChI=1S/2C5H6O3S.Zr/c2*1-3(6)2-4(7)5(8)9;/h2*2H2,1H3,(H,8,9);/q;;+2/p-2. The van der Waals surface area contributed by atoms with Gasteiger partial charge in [-0.3, -0.25) is 19.2 Å². The first-order valence-electron chi connectivity index (χ1n) is 4.55. The zero-order valence-corrected chi connectivity index (χ0v) is 14.3. The first-order chi connectivity index (χ1) is 8.07. The summed E-state index contributed by atoms with van der Waals surface area (Å²) in [4.78, 5) is 60.8. The van der Waals surface area contributed by atoms with Gasteiger partial charge in [-0.1, -0.05) is 0 Å². The van der Waals surface area contributed by atoms with Gasteiger partial charge in [0, 0.05) is 0 Å². The van der Waals surface area contributed by atoms with E-state index in [1.165, 1.54) is 13.8 Å². The summed E-state index contributed by atoms with van der Waals surface area (Å²) in [5, 5.41) is -1.93. The third-order valence-electron chi connectivity index (χ3n) is 1.27. The fraction of sp³-hybridized carbons (Fsp3) is 0.400. The van der Waals surface area contributed by atoms with Gasteiger partial charge in [-0.05, 0) is 13.8 Å². The molecule has 0 aromatic carbocycles. The van der Waals surface area contributed by atoms with Crippen LogP contribution in [0.4, 0.5) is 0 Å². The van der Waals surface area contributed by atoms with Crippen molar-refractivity contribution in [2.75, 3.05) is 0 Å². The molecule has 102 valence electrons. The summed E-state index contributed by atoms with van der Waals surface area (Å²) in [5.41, 5.74) is 0. The Labute approximate surface area is 140 Å². The van der Waals surface area contributed by atoms with Crippen LogP contribution in [0.2, 0.25) is 0 Å². The maximum absolute atomic E-state index is 10.3. The smallest absolute Gasteiger partial charge is 0.734 e. The monoisotopic (exact) mass is 380 g/mol. The molecule has 0 spiro atoms. The molecule has 0 saturated heterocycles. The van der Waals surface area contributed by atoms with Gasteiger partial charge >= 0.3 is 26.2 Å². The summed E-state index contributed by atoms with van der Waals surface area (Å²) in [6.07, 6.45) is -0.718. The summed E-state index contributed by atoms with van der Waals surface area (Å²) in [7, 11) is 0. The van der Waals surface area contributed by atoms with Crippen molar-refractivity contribution < 1.29 is 55.0 Å². The molecule has 0 N–H and O–H groups in total. The van der Waals surface area contributed by atoms with Crippen molar-refractivity contribution in [3.05, 3.63) is 0 Å². The molecule has 0 aromatic rings. The molecule has 0 bridgehead atoms. The van der Waals surface area contributed by atoms with Crippen LogP contribution in [-0.2, 0) is 80.2 Å². The normalized spacial score (nSPS) is 8.11. The number of hydrogen-bond acceptors (Lipinski definition) is 8. The Morgan fingerprint density at radius 1 is 0.684 bits per heavy atom. The van der Waals surface area contributed by atoms with E-state index in [2.05, 4.69) is 25.3 Å². The van der Waals surface area contributed by atoms with Crippen LogP contribution in [0, 0.1) is 0 Å². The van der Waals surface area contributed by atoms with E-state index in [-0.39, 0.29) is 50.6 Å². The van der Waals surface area contributed by atoms with Crippen LogP contribution >= 0.6 is 0 Å². The molecule has 0 unspecified atom stereocenters. The zero-order valence-electron chi connectivity index (χ0n) is 10.2. The molecule has 19 heavy (non-hydrogen) atoms. The second-order valence-corrected chi connectivity index (χ2v) is 3.92. The molecule has 0 aliphatic heterocycles. The molecule has 0 saturated carbocycles. The molecule has 0 rings (SSSR count). The van der Waals surface area contributed by atoms with E-state index in [4.69, 9.17) is 0 Å². The summed E-state index contributed by atoms with van der Waals surface area (Å²) in [6, 6.07) is 0. The van der Waals surface area contributed by atoms with Crippen molar-refractivity contribution in [2.24, 2.45) is 0 Å². The van der Waals surface area contributed by atoms with E-state index in [0.717, 1.165) is 0 Å². The molecule has 0 aliphatic carbocycles. The molecule has 0 heterocycles. The average Bonchev–Trinajstić information content (AvgIpc) is 2.16. The van der Waals surface area contributed by atoms with E-state index in [9.17, 15) is 28.8 Å². The fourth-order valence-corrected chi connectivity index (χ4v) is 0.741. The molecule has 6 nitrogen and oxygen atoms in total. The average molecular weight is 382 g/mol. The van der Waals surface area contributed by atoms with Crippen molar-refractivity contribution in [3.63, 3.8) is 0 Å². The van der Waals surface area contributed by atoms with Crippen molar-refractivity contribution in [2.45, 2.75) is 26.7 Å². The van der Waals surface area contributed by atoms with Crippen LogP contribution in [0.15, 0.2) is 0 Å². The summed E-state index contributed by atoms with van der Waals surface area (Å²) in [5.74, 6) is -2.26. The molecule has 9 heteroatoms. The van der Waals surface area contributed by atoms with E-state index in [1.54, 1.807) is 0 Å². The number of rotatable bonds is 6. The van der Waals surface area contributed by atoms with Gasteiger partial charge in [-0.2, -0.15) is 0 Å². The molecule has 0 aromatic heterocycles. The summed E-state index contributed by atoms with van der Waals surface area (Å²) >= 11 is 7.96. The minimum atomic E-state index is -0.967. The summed E-state index contributed by atoms with van der Waals surface area (Å²) in [6.45, 7) is 2.46. The second-order valence-electron chi connectivity index (χ2n) is 3.18. The minimum Gasteiger partial charge on any atom is -0.734 e. The van der Waals surface area contributed by atoms with Crippen molar-refractivity contribution in [3.8, 4) is 0 Å². The zero-order chi connectivity index (χ0) is 14.9. The molecular formula is C10H10O6S2Zr. The molecule has 0 fully saturated rings. The Bertz CT molecular complexity index is 367. The van der Waals surface area contributed by atoms with Gasteiger partial charge in [0.05, 0.1) is 23.1 Å². The number of carbonyl (C=O) groups excluding carboxylic acids is 6. The number of Topliss-reactive ketones (excluding diaryl/α,β-unsaturated/α-hetero) is 4. The van der Waals surface area contributed by atoms with Gasteiger partial charge in [-0.25, -0.2) is 0 Å². The van der Waals surface area contributed by atoms with Crippen molar-refractivity contribution in [1.82, 2.24) is 0 Å². The van der Waals surface area contributed by atoms with Gasteiger partial charge in [0.15, 0.2) is 11.6 Å². The molecule has 0 atom stereocenters. The first-order valence-corrected chi connectivity index (χ1v) is 5.36. The van der Waals surface area contributed by atoms with Crippen LogP contribution in [-0.4, -0.2) is 33.4 Å². The van der Waals surface area contributed by atoms with E-state index < -0.39 is 21.8 Å². The van der Waals surface area contributed by atoms with Gasteiger partial charge < -0.3 is 34.8 Å². The Hall–Kier alpha value is -0.657. The number of hydrogen-bond donors (Lipinski definition) is 0. The van der Waals surface area contributed by atoms with Gasteiger partial charge in [0.25, 0.3) is 0 Å². The molecule has 0 aliphatic rings. The number of carbonyl (C=O) groups is 6. The molecular weight excluding hydrogens is 371 g/mol. The second kappa shape index (κ2) is 12.4. The quantitative estimate of drug-likeness (QED) is 0.335. The number of ketones is 4. The Kier molecular flexibility index (Phi) is 15.3. The largest absolute Gasteiger partial charge is 2.00 e. The molecule has 0 radical (unpaired) electrons. The molecule has 0 amide bonds. The maximum Gasteiger partial charge on any atom is 2.00 e. The third kappa shape index (κ3) is 17.3. The Morgan fingerprint density at radius 3 is 0.947 bits per heavy atom. The summed E-state index contributed by atoms with van der Waals surface area (Å²) < 4.78 is 0. The van der Waals surface area contributed by atoms with Crippen molar-refractivity contribution in [1.29, 1.82) is 0 Å². The van der Waals surface area contributed by atoms with Crippen LogP contribution in [0.5, 0.6) is 0 Å². The fourth-order valence-electron chi connectivity index (χ4n) is 0.597. The predicted octanol–water partition coefficient (Wildman–Crippen LogP) is -0.786. The first kappa shape index (κ1) is 23.4. The van der Waals surface area contributed by atoms with Gasteiger partial charge in [0.2, 0.25) is 0 Å². The SMILES string of the molecule is CC(=O)CC(=O)C(=O)[S-].CC(=O)CC(=O)C(=O)[S-].[Zr+2]. The van der Waals surface area contributed by atoms with E-state index >= 15 is 0 Å². The Balaban J connectivity index is -0.000000256. The van der Waals surface area contributed by atoms with Crippen molar-refractivity contribution >= 4 is 58.6 Å². The van der Waals surface area contributed by atoms with Crippen LogP contribution in [0.1, 0.15) is 26.7 Å². The van der Waals surface area contributed by atoms with E-state index in [1.807, 2.05) is 0 Å². The van der Waals surface area contributed by atoms with Gasteiger partial charge in [-0.15, -0.1) is 0 Å². The predicted molar refractivity (Wildman–Crippen MR) is 65.4 cm³/mol. The van der Waals surface area contributed by atoms with Crippen LogP contribution in [0.3, 0.4) is 0 Å². The minimum absolute atomic E-state index is 0. The maximum atomic E-state index is 10.3. The third-order valence-corrected chi connectivity index (χ3v) is 1.73. The topological polar surface area (TPSA) is 102 Å². The van der Waals surface area contributed by atoms with E-state index in [0.29, 0.717) is 0 Å². The van der Waals surface area contributed by atoms with Crippen LogP contribution < -0.4 is 0 Å². The van der Waals surface area contributed by atoms with Gasteiger partial charge in [0.1, 0.15) is 11.6 Å².